The lowest BCUT2D eigenvalue weighted by molar-refractivity contribution is -0.121. The monoisotopic (exact) mass is 273 g/mol. The Balaban J connectivity index is 1.82. The smallest absolute Gasteiger partial charge is 0.232 e. The largest absolute Gasteiger partial charge is 0.338 e. The number of allylic oxidation sites excluding steroid dienone is 1. The standard InChI is InChI=1S/C13H15N5O2/c19-11-8-12(20)17-10(11)7-9-1-2-15-13(16-9)18-5-3-14-4-6-18/h1-2,7,14H,3-6,8H2,(H,17,20)/b10-7-. The topological polar surface area (TPSA) is 87.2 Å². The number of amides is 1. The van der Waals surface area contributed by atoms with Crippen molar-refractivity contribution in [2.75, 3.05) is 31.1 Å². The molecule has 1 aromatic rings. The van der Waals surface area contributed by atoms with E-state index in [0.717, 1.165) is 26.2 Å². The molecule has 3 heterocycles. The summed E-state index contributed by atoms with van der Waals surface area (Å²) in [5.74, 6) is 0.188. The van der Waals surface area contributed by atoms with E-state index in [2.05, 4.69) is 25.5 Å². The summed E-state index contributed by atoms with van der Waals surface area (Å²) >= 11 is 0. The lowest BCUT2D eigenvalue weighted by Crippen LogP contribution is -2.44. The van der Waals surface area contributed by atoms with E-state index >= 15 is 0 Å². The zero-order valence-electron chi connectivity index (χ0n) is 10.9. The molecule has 20 heavy (non-hydrogen) atoms. The Bertz CT molecular complexity index is 578. The fraction of sp³-hybridized carbons (Fsp3) is 0.385. The van der Waals surface area contributed by atoms with Crippen LogP contribution in [0.1, 0.15) is 12.1 Å². The maximum atomic E-state index is 11.6. The summed E-state index contributed by atoms with van der Waals surface area (Å²) in [6.45, 7) is 3.53. The molecule has 0 unspecified atom stereocenters. The molecule has 2 fully saturated rings. The third-order valence-electron chi connectivity index (χ3n) is 3.25. The number of anilines is 1. The maximum Gasteiger partial charge on any atom is 0.232 e. The number of piperazine rings is 1. The van der Waals surface area contributed by atoms with Gasteiger partial charge >= 0.3 is 0 Å². The third kappa shape index (κ3) is 2.67. The summed E-state index contributed by atoms with van der Waals surface area (Å²) in [4.78, 5) is 33.5. The van der Waals surface area contributed by atoms with Crippen LogP contribution in [-0.2, 0) is 9.59 Å². The molecule has 104 valence electrons. The molecule has 2 aliphatic heterocycles. The Morgan fingerprint density at radius 2 is 2.05 bits per heavy atom. The summed E-state index contributed by atoms with van der Waals surface area (Å²) in [6, 6.07) is 1.72. The molecule has 7 heteroatoms. The van der Waals surface area contributed by atoms with Gasteiger partial charge in [-0.25, -0.2) is 9.97 Å². The van der Waals surface area contributed by atoms with Crippen molar-refractivity contribution in [2.24, 2.45) is 0 Å². The highest BCUT2D eigenvalue weighted by molar-refractivity contribution is 6.16. The van der Waals surface area contributed by atoms with Gasteiger partial charge in [0.2, 0.25) is 11.9 Å². The normalized spacial score (nSPS) is 21.4. The first-order valence-corrected chi connectivity index (χ1v) is 6.56. The summed E-state index contributed by atoms with van der Waals surface area (Å²) in [5, 5.41) is 5.81. The van der Waals surface area contributed by atoms with Gasteiger partial charge in [-0.3, -0.25) is 9.59 Å². The van der Waals surface area contributed by atoms with Crippen molar-refractivity contribution in [3.8, 4) is 0 Å². The van der Waals surface area contributed by atoms with Gasteiger partial charge in [0.1, 0.15) is 0 Å². The van der Waals surface area contributed by atoms with Gasteiger partial charge in [0.05, 0.1) is 17.8 Å². The number of ketones is 1. The number of nitrogens with one attached hydrogen (secondary N) is 2. The highest BCUT2D eigenvalue weighted by atomic mass is 16.2. The first kappa shape index (κ1) is 12.7. The number of hydrogen-bond acceptors (Lipinski definition) is 6. The van der Waals surface area contributed by atoms with Gasteiger partial charge in [0.15, 0.2) is 5.78 Å². The molecular weight excluding hydrogens is 258 g/mol. The Kier molecular flexibility index (Phi) is 3.42. The van der Waals surface area contributed by atoms with Gasteiger partial charge < -0.3 is 15.5 Å². The van der Waals surface area contributed by atoms with Crippen LogP contribution in [0, 0.1) is 0 Å². The number of carbonyl (C=O) groups excluding carboxylic acids is 2. The average molecular weight is 273 g/mol. The van der Waals surface area contributed by atoms with Gasteiger partial charge in [0.25, 0.3) is 0 Å². The zero-order valence-corrected chi connectivity index (χ0v) is 10.9. The first-order valence-electron chi connectivity index (χ1n) is 6.56. The molecule has 2 saturated heterocycles. The van der Waals surface area contributed by atoms with E-state index in [9.17, 15) is 9.59 Å². The van der Waals surface area contributed by atoms with E-state index < -0.39 is 0 Å². The van der Waals surface area contributed by atoms with Gasteiger partial charge in [-0.2, -0.15) is 0 Å². The van der Waals surface area contributed by atoms with Crippen LogP contribution in [0.4, 0.5) is 5.95 Å². The second kappa shape index (κ2) is 5.38. The number of rotatable bonds is 2. The van der Waals surface area contributed by atoms with E-state index in [1.54, 1.807) is 18.3 Å². The minimum absolute atomic E-state index is 0.0818. The van der Waals surface area contributed by atoms with Crippen molar-refractivity contribution in [1.82, 2.24) is 20.6 Å². The molecule has 0 saturated carbocycles. The predicted molar refractivity (Wildman–Crippen MR) is 72.9 cm³/mol. The van der Waals surface area contributed by atoms with Crippen LogP contribution >= 0.6 is 0 Å². The van der Waals surface area contributed by atoms with Gasteiger partial charge in [-0.05, 0) is 12.1 Å². The second-order valence-corrected chi connectivity index (χ2v) is 4.72. The quantitative estimate of drug-likeness (QED) is 0.548. The van der Waals surface area contributed by atoms with Crippen LogP contribution in [0.25, 0.3) is 6.08 Å². The molecular formula is C13H15N5O2. The van der Waals surface area contributed by atoms with Crippen molar-refractivity contribution >= 4 is 23.7 Å². The molecule has 2 aliphatic rings. The van der Waals surface area contributed by atoms with Crippen molar-refractivity contribution in [3.63, 3.8) is 0 Å². The molecule has 2 N–H and O–H groups in total. The Labute approximate surface area is 116 Å². The third-order valence-corrected chi connectivity index (χ3v) is 3.25. The van der Waals surface area contributed by atoms with Crippen LogP contribution in [-0.4, -0.2) is 47.8 Å². The van der Waals surface area contributed by atoms with E-state index in [0.29, 0.717) is 17.3 Å². The number of aromatic nitrogens is 2. The first-order chi connectivity index (χ1) is 9.72. The summed E-state index contributed by atoms with van der Waals surface area (Å²) in [5.41, 5.74) is 0.930. The molecule has 3 rings (SSSR count). The molecule has 1 aromatic heterocycles. The highest BCUT2D eigenvalue weighted by Crippen LogP contribution is 2.13. The highest BCUT2D eigenvalue weighted by Gasteiger charge is 2.24. The minimum atomic E-state index is -0.266. The molecule has 1 amide bonds. The molecule has 0 radical (unpaired) electrons. The summed E-state index contributed by atoms with van der Waals surface area (Å²) in [7, 11) is 0. The molecule has 0 spiro atoms. The Hall–Kier alpha value is -2.28. The van der Waals surface area contributed by atoms with E-state index in [-0.39, 0.29) is 18.1 Å². The van der Waals surface area contributed by atoms with Crippen LogP contribution in [0.15, 0.2) is 18.0 Å². The van der Waals surface area contributed by atoms with Crippen molar-refractivity contribution in [3.05, 3.63) is 23.7 Å². The van der Waals surface area contributed by atoms with Crippen molar-refractivity contribution in [1.29, 1.82) is 0 Å². The molecule has 0 atom stereocenters. The predicted octanol–water partition coefficient (Wildman–Crippen LogP) is -0.684. The summed E-state index contributed by atoms with van der Waals surface area (Å²) in [6.07, 6.45) is 3.18. The van der Waals surface area contributed by atoms with E-state index in [4.69, 9.17) is 0 Å². The maximum absolute atomic E-state index is 11.6. The van der Waals surface area contributed by atoms with E-state index in [1.807, 2.05) is 0 Å². The summed E-state index contributed by atoms with van der Waals surface area (Å²) < 4.78 is 0. The van der Waals surface area contributed by atoms with Crippen LogP contribution < -0.4 is 15.5 Å². The van der Waals surface area contributed by atoms with Gasteiger partial charge in [-0.1, -0.05) is 0 Å². The minimum Gasteiger partial charge on any atom is -0.338 e. The second-order valence-electron chi connectivity index (χ2n) is 4.72. The molecule has 0 bridgehead atoms. The fourth-order valence-corrected chi connectivity index (χ4v) is 2.23. The van der Waals surface area contributed by atoms with Crippen LogP contribution in [0.5, 0.6) is 0 Å². The SMILES string of the molecule is O=C1CC(=O)/C(=C/c2ccnc(N3CCNCC3)n2)N1. The van der Waals surface area contributed by atoms with Gasteiger partial charge in [0, 0.05) is 32.4 Å². The molecule has 0 aromatic carbocycles. The van der Waals surface area contributed by atoms with Crippen LogP contribution in [0.2, 0.25) is 0 Å². The molecule has 7 nitrogen and oxygen atoms in total. The number of nitrogens with zero attached hydrogens (tertiary/aromatic N) is 3. The lowest BCUT2D eigenvalue weighted by atomic mass is 10.2. The number of hydrogen-bond donors (Lipinski definition) is 2. The average Bonchev–Trinajstić information content (AvgIpc) is 2.78. The molecule has 0 aliphatic carbocycles. The van der Waals surface area contributed by atoms with Crippen molar-refractivity contribution < 1.29 is 9.59 Å². The number of carbonyl (C=O) groups is 2. The van der Waals surface area contributed by atoms with Crippen LogP contribution in [0.3, 0.4) is 0 Å². The number of Topliss-reactive ketones (excluding diaryl/α,β-unsaturated/α-hetero) is 1. The van der Waals surface area contributed by atoms with E-state index in [1.165, 1.54) is 0 Å². The Morgan fingerprint density at radius 1 is 1.25 bits per heavy atom. The lowest BCUT2D eigenvalue weighted by Gasteiger charge is -2.27. The van der Waals surface area contributed by atoms with Gasteiger partial charge in [-0.15, -0.1) is 0 Å². The fourth-order valence-electron chi connectivity index (χ4n) is 2.23. The zero-order chi connectivity index (χ0) is 13.9. The van der Waals surface area contributed by atoms with Crippen molar-refractivity contribution in [2.45, 2.75) is 6.42 Å². The Morgan fingerprint density at radius 3 is 2.75 bits per heavy atom.